The number of hydrogen-bond donors (Lipinski definition) is 2. The quantitative estimate of drug-likeness (QED) is 0.349. The summed E-state index contributed by atoms with van der Waals surface area (Å²) in [5, 5.41) is 7.99. The Morgan fingerprint density at radius 1 is 0.970 bits per heavy atom. The molecule has 0 fully saturated rings. The third kappa shape index (κ3) is 5.08. The number of halogens is 1. The third-order valence-electron chi connectivity index (χ3n) is 5.21. The van der Waals surface area contributed by atoms with Gasteiger partial charge in [0.25, 0.3) is 0 Å². The van der Waals surface area contributed by atoms with Crippen molar-refractivity contribution in [3.63, 3.8) is 0 Å². The molecule has 33 heavy (non-hydrogen) atoms. The summed E-state index contributed by atoms with van der Waals surface area (Å²) >= 11 is 6.48. The lowest BCUT2D eigenvalue weighted by Gasteiger charge is -2.12. The lowest BCUT2D eigenvalue weighted by Crippen LogP contribution is -2.12. The SMILES string of the molecule is Clc1cc(Nc2ncnc3ccc(C#CC4=CNCCC4)cc23)ccc1Oc1ccccc1. The van der Waals surface area contributed by atoms with Gasteiger partial charge in [-0.2, -0.15) is 0 Å². The highest BCUT2D eigenvalue weighted by molar-refractivity contribution is 6.32. The predicted octanol–water partition coefficient (Wildman–Crippen LogP) is 6.44. The van der Waals surface area contributed by atoms with E-state index in [-0.39, 0.29) is 0 Å². The van der Waals surface area contributed by atoms with Crippen LogP contribution in [0, 0.1) is 11.8 Å². The Morgan fingerprint density at radius 2 is 1.88 bits per heavy atom. The zero-order valence-electron chi connectivity index (χ0n) is 17.8. The predicted molar refractivity (Wildman–Crippen MR) is 133 cm³/mol. The third-order valence-corrected chi connectivity index (χ3v) is 5.51. The summed E-state index contributed by atoms with van der Waals surface area (Å²) in [5.74, 6) is 8.53. The van der Waals surface area contributed by atoms with Crippen LogP contribution in [-0.4, -0.2) is 16.5 Å². The molecule has 6 heteroatoms. The number of rotatable bonds is 4. The molecule has 2 N–H and O–H groups in total. The molecule has 1 aromatic heterocycles. The highest BCUT2D eigenvalue weighted by Crippen LogP contribution is 2.33. The molecule has 0 saturated carbocycles. The molecule has 0 radical (unpaired) electrons. The molecule has 0 saturated heterocycles. The molecule has 0 amide bonds. The molecule has 0 spiro atoms. The molecule has 162 valence electrons. The monoisotopic (exact) mass is 452 g/mol. The van der Waals surface area contributed by atoms with Crippen LogP contribution in [0.1, 0.15) is 18.4 Å². The Bertz CT molecular complexity index is 1390. The number of benzene rings is 3. The van der Waals surface area contributed by atoms with Crippen molar-refractivity contribution in [2.75, 3.05) is 11.9 Å². The van der Waals surface area contributed by atoms with Crippen LogP contribution in [0.25, 0.3) is 10.9 Å². The van der Waals surface area contributed by atoms with Crippen LogP contribution in [0.2, 0.25) is 5.02 Å². The lowest BCUT2D eigenvalue weighted by atomic mass is 10.1. The number of nitrogens with one attached hydrogen (secondary N) is 2. The van der Waals surface area contributed by atoms with Gasteiger partial charge < -0.3 is 15.4 Å². The van der Waals surface area contributed by atoms with E-state index in [2.05, 4.69) is 32.4 Å². The van der Waals surface area contributed by atoms with Gasteiger partial charge in [-0.25, -0.2) is 9.97 Å². The minimum absolute atomic E-state index is 0.503. The molecule has 4 aromatic rings. The molecule has 0 bridgehead atoms. The maximum atomic E-state index is 6.48. The number of nitrogens with zero attached hydrogens (tertiary/aromatic N) is 2. The fraction of sp³-hybridized carbons (Fsp3) is 0.111. The number of anilines is 2. The van der Waals surface area contributed by atoms with Gasteiger partial charge in [0.05, 0.1) is 10.5 Å². The molecule has 2 heterocycles. The first-order valence-electron chi connectivity index (χ1n) is 10.7. The number of hydrogen-bond acceptors (Lipinski definition) is 5. The van der Waals surface area contributed by atoms with Crippen LogP contribution in [0.15, 0.2) is 84.8 Å². The summed E-state index contributed by atoms with van der Waals surface area (Å²) in [6, 6.07) is 21.1. The average molecular weight is 453 g/mol. The van der Waals surface area contributed by atoms with E-state index in [0.717, 1.165) is 52.9 Å². The summed E-state index contributed by atoms with van der Waals surface area (Å²) in [6.45, 7) is 1.01. The maximum Gasteiger partial charge on any atom is 0.146 e. The minimum atomic E-state index is 0.503. The van der Waals surface area contributed by atoms with Gasteiger partial charge in [0.1, 0.15) is 23.6 Å². The van der Waals surface area contributed by atoms with Gasteiger partial charge in [0.2, 0.25) is 0 Å². The van der Waals surface area contributed by atoms with E-state index >= 15 is 0 Å². The first kappa shape index (κ1) is 20.9. The number of fused-ring (bicyclic) bond motifs is 1. The van der Waals surface area contributed by atoms with Crippen molar-refractivity contribution >= 4 is 34.0 Å². The van der Waals surface area contributed by atoms with Crippen molar-refractivity contribution in [1.29, 1.82) is 0 Å². The number of allylic oxidation sites excluding steroid dienone is 1. The van der Waals surface area contributed by atoms with E-state index in [1.165, 1.54) is 0 Å². The Balaban J connectivity index is 1.40. The highest BCUT2D eigenvalue weighted by Gasteiger charge is 2.09. The van der Waals surface area contributed by atoms with E-state index in [9.17, 15) is 0 Å². The fourth-order valence-corrected chi connectivity index (χ4v) is 3.77. The van der Waals surface area contributed by atoms with E-state index in [0.29, 0.717) is 16.6 Å². The van der Waals surface area contributed by atoms with Crippen molar-refractivity contribution in [3.8, 4) is 23.3 Å². The van der Waals surface area contributed by atoms with Gasteiger partial charge in [-0.15, -0.1) is 0 Å². The largest absolute Gasteiger partial charge is 0.456 e. The smallest absolute Gasteiger partial charge is 0.146 e. The number of aromatic nitrogens is 2. The standard InChI is InChI=1S/C27H21ClN4O/c28-24-16-21(11-13-26(24)33-22-6-2-1-3-7-22)32-27-23-15-19(10-12-25(23)30-18-31-27)8-9-20-5-4-14-29-17-20/h1-3,6-7,10-13,15-18,29H,4-5,14H2,(H,30,31,32). The second kappa shape index (κ2) is 9.64. The summed E-state index contributed by atoms with van der Waals surface area (Å²) in [4.78, 5) is 8.83. The minimum Gasteiger partial charge on any atom is -0.456 e. The fourth-order valence-electron chi connectivity index (χ4n) is 3.55. The van der Waals surface area contributed by atoms with Crippen molar-refractivity contribution in [2.45, 2.75) is 12.8 Å². The van der Waals surface area contributed by atoms with Crippen LogP contribution < -0.4 is 15.4 Å². The van der Waals surface area contributed by atoms with E-state index in [4.69, 9.17) is 16.3 Å². The van der Waals surface area contributed by atoms with Crippen LogP contribution in [0.5, 0.6) is 11.5 Å². The Kier molecular flexibility index (Phi) is 6.10. The van der Waals surface area contributed by atoms with Gasteiger partial charge in [0, 0.05) is 35.0 Å². The first-order chi connectivity index (χ1) is 16.2. The molecule has 1 aliphatic rings. The highest BCUT2D eigenvalue weighted by atomic mass is 35.5. The Labute approximate surface area is 197 Å². The Morgan fingerprint density at radius 3 is 2.70 bits per heavy atom. The summed E-state index contributed by atoms with van der Waals surface area (Å²) in [7, 11) is 0. The topological polar surface area (TPSA) is 59.1 Å². The van der Waals surface area contributed by atoms with Crippen LogP contribution >= 0.6 is 11.6 Å². The van der Waals surface area contributed by atoms with Gasteiger partial charge in [-0.1, -0.05) is 41.6 Å². The molecular formula is C27H21ClN4O. The average Bonchev–Trinajstić information content (AvgIpc) is 2.86. The maximum absolute atomic E-state index is 6.48. The van der Waals surface area contributed by atoms with E-state index in [1.807, 2.05) is 72.9 Å². The number of ether oxygens (including phenoxy) is 1. The number of para-hydroxylation sites is 1. The van der Waals surface area contributed by atoms with Gasteiger partial charge in [-0.3, -0.25) is 0 Å². The first-order valence-corrected chi connectivity index (χ1v) is 11.1. The van der Waals surface area contributed by atoms with Crippen LogP contribution in [0.4, 0.5) is 11.5 Å². The normalized spacial score (nSPS) is 12.8. The molecule has 0 unspecified atom stereocenters. The molecule has 0 aliphatic carbocycles. The van der Waals surface area contributed by atoms with E-state index in [1.54, 1.807) is 6.33 Å². The van der Waals surface area contributed by atoms with Crippen molar-refractivity contribution in [3.05, 3.63) is 95.4 Å². The molecule has 5 rings (SSSR count). The van der Waals surface area contributed by atoms with Crippen LogP contribution in [0.3, 0.4) is 0 Å². The van der Waals surface area contributed by atoms with Gasteiger partial charge >= 0.3 is 0 Å². The summed E-state index contributed by atoms with van der Waals surface area (Å²) in [5.41, 5.74) is 3.68. The van der Waals surface area contributed by atoms with Gasteiger partial charge in [0.15, 0.2) is 0 Å². The van der Waals surface area contributed by atoms with Crippen molar-refractivity contribution in [2.24, 2.45) is 0 Å². The molecule has 5 nitrogen and oxygen atoms in total. The molecule has 3 aromatic carbocycles. The second-order valence-corrected chi connectivity index (χ2v) is 8.02. The molecule has 1 aliphatic heterocycles. The van der Waals surface area contributed by atoms with Crippen molar-refractivity contribution < 1.29 is 4.74 Å². The van der Waals surface area contributed by atoms with Crippen molar-refractivity contribution in [1.82, 2.24) is 15.3 Å². The Hall–Kier alpha value is -4.01. The second-order valence-electron chi connectivity index (χ2n) is 7.62. The summed E-state index contributed by atoms with van der Waals surface area (Å²) < 4.78 is 5.87. The van der Waals surface area contributed by atoms with Gasteiger partial charge in [-0.05, 0) is 61.4 Å². The zero-order valence-corrected chi connectivity index (χ0v) is 18.6. The lowest BCUT2D eigenvalue weighted by molar-refractivity contribution is 0.483. The zero-order chi connectivity index (χ0) is 22.5. The molecular weight excluding hydrogens is 432 g/mol. The summed E-state index contributed by atoms with van der Waals surface area (Å²) in [6.07, 6.45) is 5.66. The van der Waals surface area contributed by atoms with E-state index < -0.39 is 0 Å². The van der Waals surface area contributed by atoms with Crippen LogP contribution in [-0.2, 0) is 0 Å². The molecule has 0 atom stereocenters.